The molecule has 1 N–H and O–H groups in total. The van der Waals surface area contributed by atoms with E-state index in [1.807, 2.05) is 36.1 Å². The average molecular weight is 273 g/mol. The van der Waals surface area contributed by atoms with E-state index in [2.05, 4.69) is 35.7 Å². The van der Waals surface area contributed by atoms with Crippen molar-refractivity contribution in [1.29, 1.82) is 0 Å². The van der Waals surface area contributed by atoms with Crippen LogP contribution in [-0.4, -0.2) is 23.9 Å². The van der Waals surface area contributed by atoms with Gasteiger partial charge < -0.3 is 10.1 Å². The normalized spacial score (nSPS) is 14.2. The Kier molecular flexibility index (Phi) is 5.32. The highest BCUT2D eigenvalue weighted by atomic mass is 16.5. The Morgan fingerprint density at radius 2 is 2.00 bits per heavy atom. The fourth-order valence-corrected chi connectivity index (χ4v) is 2.49. The Labute approximate surface area is 120 Å². The molecule has 1 aromatic carbocycles. The molecule has 2 rings (SSSR count). The molecular formula is C16H23N3O. The summed E-state index contributed by atoms with van der Waals surface area (Å²) in [5.41, 5.74) is 2.31. The third-order valence-electron chi connectivity index (χ3n) is 3.46. The lowest BCUT2D eigenvalue weighted by Gasteiger charge is -2.25. The van der Waals surface area contributed by atoms with Crippen molar-refractivity contribution in [3.63, 3.8) is 0 Å². The van der Waals surface area contributed by atoms with Crippen molar-refractivity contribution in [1.82, 2.24) is 15.1 Å². The molecule has 0 aliphatic carbocycles. The summed E-state index contributed by atoms with van der Waals surface area (Å²) in [5.74, 6) is 0. The first kappa shape index (κ1) is 14.8. The molecule has 0 saturated heterocycles. The highest BCUT2D eigenvalue weighted by molar-refractivity contribution is 5.23. The maximum absolute atomic E-state index is 5.71. The monoisotopic (exact) mass is 273 g/mol. The van der Waals surface area contributed by atoms with Gasteiger partial charge >= 0.3 is 0 Å². The molecule has 4 heteroatoms. The fourth-order valence-electron chi connectivity index (χ4n) is 2.49. The van der Waals surface area contributed by atoms with Gasteiger partial charge in [0.2, 0.25) is 0 Å². The number of aryl methyl sites for hydroxylation is 1. The topological polar surface area (TPSA) is 39.1 Å². The molecule has 0 amide bonds. The molecule has 0 spiro atoms. The number of ether oxygens (including phenoxy) is 1. The van der Waals surface area contributed by atoms with Gasteiger partial charge in [-0.3, -0.25) is 4.68 Å². The van der Waals surface area contributed by atoms with Gasteiger partial charge in [-0.25, -0.2) is 0 Å². The van der Waals surface area contributed by atoms with Gasteiger partial charge in [0.25, 0.3) is 0 Å². The average Bonchev–Trinajstić information content (AvgIpc) is 2.94. The molecule has 1 aromatic heterocycles. The number of rotatable bonds is 7. The van der Waals surface area contributed by atoms with E-state index >= 15 is 0 Å². The molecule has 2 unspecified atom stereocenters. The van der Waals surface area contributed by atoms with E-state index in [0.717, 1.165) is 24.1 Å². The van der Waals surface area contributed by atoms with Crippen molar-refractivity contribution in [2.24, 2.45) is 0 Å². The molecule has 0 radical (unpaired) electrons. The smallest absolute Gasteiger partial charge is 0.102 e. The second-order valence-electron chi connectivity index (χ2n) is 4.87. The van der Waals surface area contributed by atoms with E-state index in [0.29, 0.717) is 0 Å². The number of hydrogen-bond acceptors (Lipinski definition) is 3. The fraction of sp³-hybridized carbons (Fsp3) is 0.438. The van der Waals surface area contributed by atoms with Crippen molar-refractivity contribution in [2.45, 2.75) is 32.0 Å². The predicted molar refractivity (Wildman–Crippen MR) is 80.5 cm³/mol. The van der Waals surface area contributed by atoms with Crippen molar-refractivity contribution in [3.05, 3.63) is 53.9 Å². The van der Waals surface area contributed by atoms with Crippen LogP contribution in [0.3, 0.4) is 0 Å². The van der Waals surface area contributed by atoms with Gasteiger partial charge in [0.1, 0.15) is 6.10 Å². The van der Waals surface area contributed by atoms with Gasteiger partial charge in [-0.1, -0.05) is 37.3 Å². The van der Waals surface area contributed by atoms with Crippen LogP contribution in [0.2, 0.25) is 0 Å². The van der Waals surface area contributed by atoms with Crippen LogP contribution in [0.1, 0.15) is 36.6 Å². The van der Waals surface area contributed by atoms with E-state index in [4.69, 9.17) is 4.74 Å². The summed E-state index contributed by atoms with van der Waals surface area (Å²) in [4.78, 5) is 0. The number of nitrogens with one attached hydrogen (secondary N) is 1. The lowest BCUT2D eigenvalue weighted by molar-refractivity contribution is 0.0701. The van der Waals surface area contributed by atoms with Crippen LogP contribution in [0, 0.1) is 0 Å². The predicted octanol–water partition coefficient (Wildman–Crippen LogP) is 2.94. The van der Waals surface area contributed by atoms with Crippen LogP contribution in [-0.2, 0) is 11.3 Å². The maximum Gasteiger partial charge on any atom is 0.102 e. The van der Waals surface area contributed by atoms with Crippen LogP contribution < -0.4 is 5.32 Å². The second kappa shape index (κ2) is 7.22. The first-order valence-electron chi connectivity index (χ1n) is 7.07. The van der Waals surface area contributed by atoms with Crippen molar-refractivity contribution in [3.8, 4) is 0 Å². The van der Waals surface area contributed by atoms with Crippen LogP contribution >= 0.6 is 0 Å². The van der Waals surface area contributed by atoms with Gasteiger partial charge in [-0.05, 0) is 19.0 Å². The third-order valence-corrected chi connectivity index (χ3v) is 3.46. The number of methoxy groups -OCH3 is 1. The molecule has 2 aromatic rings. The van der Waals surface area contributed by atoms with Crippen LogP contribution in [0.4, 0.5) is 0 Å². The van der Waals surface area contributed by atoms with E-state index in [1.54, 1.807) is 7.11 Å². The Morgan fingerprint density at radius 1 is 1.25 bits per heavy atom. The molecule has 0 aliphatic rings. The molecule has 108 valence electrons. The van der Waals surface area contributed by atoms with E-state index in [-0.39, 0.29) is 12.1 Å². The highest BCUT2D eigenvalue weighted by Crippen LogP contribution is 2.31. The Morgan fingerprint density at radius 3 is 2.60 bits per heavy atom. The van der Waals surface area contributed by atoms with E-state index < -0.39 is 0 Å². The van der Waals surface area contributed by atoms with E-state index in [9.17, 15) is 0 Å². The minimum atomic E-state index is -0.0273. The largest absolute Gasteiger partial charge is 0.375 e. The number of hydrogen-bond donors (Lipinski definition) is 1. The molecule has 0 fully saturated rings. The number of benzene rings is 1. The Balaban J connectivity index is 2.24. The van der Waals surface area contributed by atoms with Gasteiger partial charge in [-0.15, -0.1) is 0 Å². The summed E-state index contributed by atoms with van der Waals surface area (Å²) in [5, 5.41) is 7.75. The number of nitrogens with zero attached hydrogens (tertiary/aromatic N) is 2. The minimum absolute atomic E-state index is 0.0273. The van der Waals surface area contributed by atoms with Crippen molar-refractivity contribution in [2.75, 3.05) is 14.2 Å². The van der Waals surface area contributed by atoms with Gasteiger partial charge in [0.05, 0.1) is 12.2 Å². The van der Waals surface area contributed by atoms with Crippen LogP contribution in [0.25, 0.3) is 0 Å². The standard InChI is InChI=1S/C16H23N3O/c1-4-10-19-12-14(11-18-19)15(17-2)16(20-3)13-8-6-5-7-9-13/h5-9,11-12,15-17H,4,10H2,1-3H3. The van der Waals surface area contributed by atoms with Crippen LogP contribution in [0.5, 0.6) is 0 Å². The summed E-state index contributed by atoms with van der Waals surface area (Å²) in [6, 6.07) is 10.4. The molecule has 2 atom stereocenters. The summed E-state index contributed by atoms with van der Waals surface area (Å²) < 4.78 is 7.70. The van der Waals surface area contributed by atoms with Crippen LogP contribution in [0.15, 0.2) is 42.7 Å². The molecule has 1 heterocycles. The zero-order valence-electron chi connectivity index (χ0n) is 12.4. The summed E-state index contributed by atoms with van der Waals surface area (Å²) >= 11 is 0. The molecule has 4 nitrogen and oxygen atoms in total. The summed E-state index contributed by atoms with van der Waals surface area (Å²) in [6.07, 6.45) is 5.07. The molecule has 0 saturated carbocycles. The van der Waals surface area contributed by atoms with Gasteiger partial charge in [-0.2, -0.15) is 5.10 Å². The molecule has 0 bridgehead atoms. The van der Waals surface area contributed by atoms with E-state index in [1.165, 1.54) is 0 Å². The number of aromatic nitrogens is 2. The van der Waals surface area contributed by atoms with Gasteiger partial charge in [0.15, 0.2) is 0 Å². The molecule has 0 aliphatic heterocycles. The first-order valence-corrected chi connectivity index (χ1v) is 7.07. The highest BCUT2D eigenvalue weighted by Gasteiger charge is 2.24. The quantitative estimate of drug-likeness (QED) is 0.843. The minimum Gasteiger partial charge on any atom is -0.375 e. The zero-order chi connectivity index (χ0) is 14.4. The van der Waals surface area contributed by atoms with Crippen molar-refractivity contribution >= 4 is 0 Å². The Bertz CT molecular complexity index is 509. The first-order chi connectivity index (χ1) is 9.80. The van der Waals surface area contributed by atoms with Gasteiger partial charge in [0, 0.05) is 25.4 Å². The SMILES string of the molecule is CCCn1cc(C(NC)C(OC)c2ccccc2)cn1. The zero-order valence-corrected chi connectivity index (χ0v) is 12.4. The Hall–Kier alpha value is -1.65. The molecular weight excluding hydrogens is 250 g/mol. The second-order valence-corrected chi connectivity index (χ2v) is 4.87. The lowest BCUT2D eigenvalue weighted by Crippen LogP contribution is -2.24. The molecule has 20 heavy (non-hydrogen) atoms. The lowest BCUT2D eigenvalue weighted by atomic mass is 9.98. The van der Waals surface area contributed by atoms with Crippen molar-refractivity contribution < 1.29 is 4.74 Å². The third kappa shape index (κ3) is 3.26. The number of likely N-dealkylation sites (N-methyl/N-ethyl adjacent to an activating group) is 1. The summed E-state index contributed by atoms with van der Waals surface area (Å²) in [6.45, 7) is 3.10. The maximum atomic E-state index is 5.71. The summed E-state index contributed by atoms with van der Waals surface area (Å²) in [7, 11) is 3.70.